The number of halogens is 1. The van der Waals surface area contributed by atoms with E-state index in [4.69, 9.17) is 4.18 Å². The van der Waals surface area contributed by atoms with Gasteiger partial charge in [-0.15, -0.1) is 12.4 Å². The first-order valence-corrected chi connectivity index (χ1v) is 21.7. The van der Waals surface area contributed by atoms with Crippen molar-refractivity contribution in [2.24, 2.45) is 0 Å². The summed E-state index contributed by atoms with van der Waals surface area (Å²) >= 11 is 0. The average molecular weight is 833 g/mol. The lowest BCUT2D eigenvalue weighted by atomic mass is 9.84. The van der Waals surface area contributed by atoms with Gasteiger partial charge in [-0.3, -0.25) is 4.18 Å². The Morgan fingerprint density at radius 3 is 2.14 bits per heavy atom. The molecule has 2 aliphatic heterocycles. The number of aryl methyl sites for hydroxylation is 1. The summed E-state index contributed by atoms with van der Waals surface area (Å²) in [5, 5.41) is 15.7. The zero-order chi connectivity index (χ0) is 40.3. The zero-order valence-electron chi connectivity index (χ0n) is 33.8. The highest BCUT2D eigenvalue weighted by molar-refractivity contribution is 7.86. The molecule has 10 nitrogen and oxygen atoms in total. The predicted octanol–water partition coefficient (Wildman–Crippen LogP) is 8.23. The maximum atomic E-state index is 12.1. The molecule has 0 radical (unpaired) electrons. The van der Waals surface area contributed by atoms with Crippen molar-refractivity contribution in [3.63, 3.8) is 0 Å². The molecular weight excluding hydrogens is 779 g/mol. The lowest BCUT2D eigenvalue weighted by molar-refractivity contribution is 0.224. The van der Waals surface area contributed by atoms with Crippen LogP contribution in [0.15, 0.2) is 139 Å². The SMILES string of the molecule is CB(O)N1CCC[C@H]1COS(=O)(=O)c1ccc(C)cc1.Cl.c1ccc(Cc2c[nH]c3ncccc23)cc1.c1ccc(Cc2cn(C[C@H]3CCCN3)c3ncccc23)cc1. The molecular formula is C46H54BClN6O4S. The van der Waals surface area contributed by atoms with Crippen molar-refractivity contribution in [3.05, 3.63) is 162 Å². The third-order valence-electron chi connectivity index (χ3n) is 10.9. The molecule has 0 amide bonds. The first-order valence-electron chi connectivity index (χ1n) is 20.3. The Balaban J connectivity index is 0.000000149. The van der Waals surface area contributed by atoms with Crippen LogP contribution < -0.4 is 5.32 Å². The molecule has 59 heavy (non-hydrogen) atoms. The Bertz CT molecular complexity index is 2460. The van der Waals surface area contributed by atoms with E-state index < -0.39 is 17.2 Å². The summed E-state index contributed by atoms with van der Waals surface area (Å²) in [6.45, 7) is 6.61. The smallest absolute Gasteiger partial charge is 0.376 e. The Kier molecular flexibility index (Phi) is 15.5. The summed E-state index contributed by atoms with van der Waals surface area (Å²) in [6, 6.07) is 36.6. The van der Waals surface area contributed by atoms with Crippen LogP contribution in [0, 0.1) is 6.92 Å². The van der Waals surface area contributed by atoms with Gasteiger partial charge in [-0.05, 0) is 124 Å². The molecule has 13 heteroatoms. The van der Waals surface area contributed by atoms with E-state index in [1.54, 1.807) is 31.1 Å². The number of nitrogens with one attached hydrogen (secondary N) is 2. The molecule has 7 aromatic rings. The summed E-state index contributed by atoms with van der Waals surface area (Å²) in [7, 11) is -4.30. The van der Waals surface area contributed by atoms with Gasteiger partial charge in [-0.2, -0.15) is 8.42 Å². The first-order chi connectivity index (χ1) is 28.2. The van der Waals surface area contributed by atoms with Gasteiger partial charge in [-0.25, -0.2) is 9.97 Å². The van der Waals surface area contributed by atoms with Crippen molar-refractivity contribution < 1.29 is 17.6 Å². The van der Waals surface area contributed by atoms with E-state index >= 15 is 0 Å². The summed E-state index contributed by atoms with van der Waals surface area (Å²) in [5.41, 5.74) is 8.42. The van der Waals surface area contributed by atoms with E-state index in [-0.39, 0.29) is 30.0 Å². The molecule has 3 N–H and O–H groups in total. The molecule has 0 bridgehead atoms. The van der Waals surface area contributed by atoms with Crippen molar-refractivity contribution in [1.29, 1.82) is 0 Å². The third kappa shape index (κ3) is 11.7. The number of rotatable bonds is 11. The van der Waals surface area contributed by atoms with Crippen LogP contribution in [0.3, 0.4) is 0 Å². The number of nitrogens with zero attached hydrogens (tertiary/aromatic N) is 4. The number of H-pyrrole nitrogens is 1. The maximum Gasteiger partial charge on any atom is 0.376 e. The Labute approximate surface area is 354 Å². The summed E-state index contributed by atoms with van der Waals surface area (Å²) in [4.78, 5) is 14.1. The molecule has 2 aliphatic rings. The van der Waals surface area contributed by atoms with Crippen LogP contribution in [0.1, 0.15) is 53.5 Å². The second-order valence-corrected chi connectivity index (χ2v) is 16.8. The van der Waals surface area contributed by atoms with E-state index in [9.17, 15) is 13.4 Å². The molecule has 4 aromatic heterocycles. The van der Waals surface area contributed by atoms with Gasteiger partial charge >= 0.3 is 7.05 Å². The highest BCUT2D eigenvalue weighted by Crippen LogP contribution is 2.24. The molecule has 0 unspecified atom stereocenters. The quantitative estimate of drug-likeness (QED) is 0.0880. The molecule has 0 aliphatic carbocycles. The number of aromatic amines is 1. The lowest BCUT2D eigenvalue weighted by Crippen LogP contribution is -2.43. The van der Waals surface area contributed by atoms with E-state index in [1.807, 2.05) is 48.5 Å². The fourth-order valence-electron chi connectivity index (χ4n) is 7.89. The van der Waals surface area contributed by atoms with Crippen molar-refractivity contribution in [3.8, 4) is 0 Å². The highest BCUT2D eigenvalue weighted by Gasteiger charge is 2.31. The van der Waals surface area contributed by atoms with Crippen molar-refractivity contribution in [1.82, 2.24) is 29.6 Å². The van der Waals surface area contributed by atoms with E-state index in [1.165, 1.54) is 45.9 Å². The Hall–Kier alpha value is -4.82. The van der Waals surface area contributed by atoms with E-state index in [0.29, 0.717) is 6.04 Å². The number of hydrogen-bond donors (Lipinski definition) is 3. The predicted molar refractivity (Wildman–Crippen MR) is 240 cm³/mol. The number of aromatic nitrogens is 4. The minimum absolute atomic E-state index is 0. The standard InChI is InChI=1S/C19H21N3.C14H12N2.C13H20BNO4S.ClH/c1-2-6-15(7-3-1)12-16-13-22(14-17-8-4-10-20-17)19-18(16)9-5-11-21-19;1-2-5-11(6-3-1)9-12-10-16-14-13(12)7-4-8-15-14;1-11-5-7-13(8-6-11)20(17,18)19-10-12-4-3-9-15(12)14(2)16;/h1-3,5-7,9,11,13,17,20H,4,8,10,12,14H2;1-8,10H,9H2,(H,15,16);5-8,12,16H,3-4,9-10H2,1-2H3;1H/t17-;;12-;/m1.0./s1. The fourth-order valence-corrected chi connectivity index (χ4v) is 8.83. The van der Waals surface area contributed by atoms with E-state index in [0.717, 1.165) is 62.2 Å². The molecule has 2 saturated heterocycles. The van der Waals surface area contributed by atoms with Gasteiger partial charge in [0.1, 0.15) is 11.3 Å². The van der Waals surface area contributed by atoms with E-state index in [2.05, 4.69) is 97.8 Å². The van der Waals surface area contributed by atoms with Crippen LogP contribution in [-0.4, -0.2) is 76.6 Å². The second-order valence-electron chi connectivity index (χ2n) is 15.2. The van der Waals surface area contributed by atoms with Crippen LogP contribution in [0.4, 0.5) is 0 Å². The van der Waals surface area contributed by atoms with Crippen molar-refractivity contribution in [2.75, 3.05) is 19.7 Å². The van der Waals surface area contributed by atoms with Crippen LogP contribution >= 0.6 is 12.4 Å². The van der Waals surface area contributed by atoms with Crippen molar-refractivity contribution in [2.45, 2.75) is 75.8 Å². The topological polar surface area (TPSA) is 125 Å². The number of fused-ring (bicyclic) bond motifs is 2. The average Bonchev–Trinajstić information content (AvgIpc) is 4.08. The lowest BCUT2D eigenvalue weighted by Gasteiger charge is -2.24. The van der Waals surface area contributed by atoms with Crippen LogP contribution in [0.2, 0.25) is 6.82 Å². The monoisotopic (exact) mass is 832 g/mol. The molecule has 0 saturated carbocycles. The largest absolute Gasteiger partial charge is 0.437 e. The zero-order valence-corrected chi connectivity index (χ0v) is 35.4. The minimum atomic E-state index is -3.72. The van der Waals surface area contributed by atoms with Gasteiger partial charge < -0.3 is 24.7 Å². The molecule has 6 heterocycles. The number of benzene rings is 3. The summed E-state index contributed by atoms with van der Waals surface area (Å²) in [6.07, 6.45) is 14.3. The van der Waals surface area contributed by atoms with Gasteiger partial charge in [0.2, 0.25) is 0 Å². The Morgan fingerprint density at radius 2 is 1.47 bits per heavy atom. The number of pyridine rings is 2. The highest BCUT2D eigenvalue weighted by atomic mass is 35.5. The molecule has 0 spiro atoms. The normalized spacial score (nSPS) is 16.5. The van der Waals surface area contributed by atoms with Gasteiger partial charge in [-0.1, -0.05) is 78.4 Å². The van der Waals surface area contributed by atoms with Gasteiger partial charge in [0, 0.05) is 54.2 Å². The molecule has 2 atom stereocenters. The molecule has 3 aromatic carbocycles. The maximum absolute atomic E-state index is 12.1. The van der Waals surface area contributed by atoms with Gasteiger partial charge in [0.05, 0.1) is 11.5 Å². The van der Waals surface area contributed by atoms with Gasteiger partial charge in [0.15, 0.2) is 0 Å². The Morgan fingerprint density at radius 1 is 0.814 bits per heavy atom. The summed E-state index contributed by atoms with van der Waals surface area (Å²) in [5.74, 6) is 0. The van der Waals surface area contributed by atoms with Crippen LogP contribution in [-0.2, 0) is 33.7 Å². The van der Waals surface area contributed by atoms with Crippen LogP contribution in [0.25, 0.3) is 22.1 Å². The minimum Gasteiger partial charge on any atom is -0.437 e. The molecule has 2 fully saturated rings. The number of hydrogen-bond acceptors (Lipinski definition) is 8. The fraction of sp³-hybridized carbons (Fsp3) is 0.304. The molecule has 9 rings (SSSR count). The second kappa shape index (κ2) is 20.9. The van der Waals surface area contributed by atoms with Crippen LogP contribution in [0.5, 0.6) is 0 Å². The molecule has 308 valence electrons. The summed E-state index contributed by atoms with van der Waals surface area (Å²) < 4.78 is 31.6. The van der Waals surface area contributed by atoms with Gasteiger partial charge in [0.25, 0.3) is 10.1 Å². The third-order valence-corrected chi connectivity index (χ3v) is 12.2. The first kappa shape index (κ1) is 43.8. The van der Waals surface area contributed by atoms with Crippen molar-refractivity contribution >= 4 is 51.6 Å².